The largest absolute Gasteiger partial charge is 0.351 e. The molecule has 51 heavy (non-hydrogen) atoms. The number of nitrogens with zero attached hydrogens (tertiary/aromatic N) is 1. The quantitative estimate of drug-likeness (QED) is 0.0615. The molecule has 3 heteroatoms. The highest BCUT2D eigenvalue weighted by Gasteiger charge is 2.36. The minimum Gasteiger partial charge on any atom is -0.351 e. The number of nitrogens with two attached hydrogens (primary N) is 1. The molecule has 1 aliphatic carbocycles. The molecule has 8 aromatic rings. The number of nitrogens with one attached hydrogen (secondary N) is 1. The number of aliphatic imine (C=N–C) groups is 1. The van der Waals surface area contributed by atoms with Crippen molar-refractivity contribution in [1.82, 2.24) is 5.32 Å². The second-order valence-electron chi connectivity index (χ2n) is 14.1. The van der Waals surface area contributed by atoms with Crippen LogP contribution in [0.5, 0.6) is 0 Å². The SMILES string of the molecule is CC1(C)c2ccccc2-c2c(-c3ccccc3CN=C(NC(N)c3ccccc3)c3c4ccccc4cc4ccc5ccccc5c34)cccc21. The van der Waals surface area contributed by atoms with Gasteiger partial charge in [-0.15, -0.1) is 0 Å². The molecule has 9 rings (SSSR count). The first-order chi connectivity index (χ1) is 25.0. The molecule has 8 aromatic carbocycles. The summed E-state index contributed by atoms with van der Waals surface area (Å²) in [6.07, 6.45) is -0.458. The molecule has 1 atom stereocenters. The van der Waals surface area contributed by atoms with Gasteiger partial charge in [-0.2, -0.15) is 0 Å². The third kappa shape index (κ3) is 5.21. The molecule has 0 spiro atoms. The lowest BCUT2D eigenvalue weighted by molar-refractivity contribution is 0.660. The number of hydrogen-bond acceptors (Lipinski definition) is 2. The molecule has 0 aromatic heterocycles. The number of amidine groups is 1. The van der Waals surface area contributed by atoms with Gasteiger partial charge in [0.2, 0.25) is 0 Å². The molecule has 3 N–H and O–H groups in total. The van der Waals surface area contributed by atoms with Crippen LogP contribution in [0.15, 0.2) is 169 Å². The first-order valence-electron chi connectivity index (χ1n) is 17.8. The van der Waals surface area contributed by atoms with Crippen LogP contribution in [-0.2, 0) is 12.0 Å². The van der Waals surface area contributed by atoms with Crippen molar-refractivity contribution in [2.24, 2.45) is 10.7 Å². The summed E-state index contributed by atoms with van der Waals surface area (Å²) in [6, 6.07) is 58.6. The van der Waals surface area contributed by atoms with Gasteiger partial charge in [0.15, 0.2) is 0 Å². The number of benzene rings is 8. The van der Waals surface area contributed by atoms with Crippen LogP contribution >= 0.6 is 0 Å². The van der Waals surface area contributed by atoms with E-state index in [0.717, 1.165) is 27.9 Å². The molecule has 0 bridgehead atoms. The van der Waals surface area contributed by atoms with Gasteiger partial charge in [0.1, 0.15) is 12.0 Å². The highest BCUT2D eigenvalue weighted by Crippen LogP contribution is 2.52. The van der Waals surface area contributed by atoms with Crippen molar-refractivity contribution in [3.8, 4) is 22.3 Å². The molecular formula is C48H39N3. The highest BCUT2D eigenvalue weighted by molar-refractivity contribution is 6.26. The zero-order valence-electron chi connectivity index (χ0n) is 28.9. The number of hydrogen-bond donors (Lipinski definition) is 2. The van der Waals surface area contributed by atoms with Gasteiger partial charge in [-0.1, -0.05) is 172 Å². The molecule has 0 heterocycles. The van der Waals surface area contributed by atoms with E-state index in [0.29, 0.717) is 6.54 Å². The predicted octanol–water partition coefficient (Wildman–Crippen LogP) is 11.3. The summed E-state index contributed by atoms with van der Waals surface area (Å²) < 4.78 is 0. The summed E-state index contributed by atoms with van der Waals surface area (Å²) in [5.74, 6) is 0.782. The average Bonchev–Trinajstić information content (AvgIpc) is 3.42. The lowest BCUT2D eigenvalue weighted by Crippen LogP contribution is -2.35. The lowest BCUT2D eigenvalue weighted by Gasteiger charge is -2.22. The topological polar surface area (TPSA) is 50.4 Å². The van der Waals surface area contributed by atoms with E-state index < -0.39 is 6.17 Å². The highest BCUT2D eigenvalue weighted by atomic mass is 15.1. The Morgan fingerprint density at radius 3 is 2.06 bits per heavy atom. The van der Waals surface area contributed by atoms with Gasteiger partial charge in [0.05, 0.1) is 6.54 Å². The molecule has 0 saturated carbocycles. The van der Waals surface area contributed by atoms with Crippen molar-refractivity contribution in [3.05, 3.63) is 192 Å². The molecule has 0 saturated heterocycles. The lowest BCUT2D eigenvalue weighted by atomic mass is 9.82. The second-order valence-corrected chi connectivity index (χ2v) is 14.1. The Morgan fingerprint density at radius 1 is 0.588 bits per heavy atom. The van der Waals surface area contributed by atoms with Gasteiger partial charge in [0, 0.05) is 16.4 Å². The van der Waals surface area contributed by atoms with Crippen LogP contribution in [0.3, 0.4) is 0 Å². The molecule has 1 unspecified atom stereocenters. The zero-order valence-corrected chi connectivity index (χ0v) is 28.9. The summed E-state index contributed by atoms with van der Waals surface area (Å²) in [5.41, 5.74) is 17.9. The van der Waals surface area contributed by atoms with E-state index in [1.165, 1.54) is 60.3 Å². The normalized spacial score (nSPS) is 14.1. The van der Waals surface area contributed by atoms with Gasteiger partial charge in [-0.25, -0.2) is 0 Å². The average molecular weight is 658 g/mol. The van der Waals surface area contributed by atoms with E-state index in [-0.39, 0.29) is 5.41 Å². The van der Waals surface area contributed by atoms with E-state index in [1.54, 1.807) is 0 Å². The predicted molar refractivity (Wildman–Crippen MR) is 215 cm³/mol. The van der Waals surface area contributed by atoms with Crippen molar-refractivity contribution >= 4 is 38.2 Å². The molecule has 0 fully saturated rings. The molecule has 3 nitrogen and oxygen atoms in total. The molecule has 0 radical (unpaired) electrons. The summed E-state index contributed by atoms with van der Waals surface area (Å²) in [4.78, 5) is 5.51. The molecular weight excluding hydrogens is 619 g/mol. The van der Waals surface area contributed by atoms with Crippen molar-refractivity contribution in [1.29, 1.82) is 0 Å². The van der Waals surface area contributed by atoms with Gasteiger partial charge in [-0.3, -0.25) is 4.99 Å². The van der Waals surface area contributed by atoms with Crippen LogP contribution in [0.4, 0.5) is 0 Å². The maximum atomic E-state index is 6.96. The molecule has 0 amide bonds. The zero-order chi connectivity index (χ0) is 34.5. The standard InChI is InChI=1S/C48H39N3/c1-48(2)41-25-13-12-23-40(41)44-39(24-14-26-42(44)48)36-20-9-8-19-35(36)30-50-47(51-46(49)32-16-4-3-5-17-32)45-38-22-11-7-18-33(38)29-34-28-27-31-15-6-10-21-37(31)43(34)45/h3-29,46H,30,49H2,1-2H3,(H,50,51). The van der Waals surface area contributed by atoms with Gasteiger partial charge < -0.3 is 11.1 Å². The first-order valence-corrected chi connectivity index (χ1v) is 17.8. The van der Waals surface area contributed by atoms with Crippen molar-refractivity contribution in [2.45, 2.75) is 32.0 Å². The Labute approximate surface area is 299 Å². The Bertz CT molecular complexity index is 2630. The van der Waals surface area contributed by atoms with Crippen LogP contribution < -0.4 is 11.1 Å². The van der Waals surface area contributed by atoms with E-state index >= 15 is 0 Å². The summed E-state index contributed by atoms with van der Waals surface area (Å²) in [7, 11) is 0. The Morgan fingerprint density at radius 2 is 1.22 bits per heavy atom. The van der Waals surface area contributed by atoms with Crippen LogP contribution in [0.25, 0.3) is 54.6 Å². The summed E-state index contributed by atoms with van der Waals surface area (Å²) in [6.45, 7) is 5.15. The van der Waals surface area contributed by atoms with Crippen LogP contribution in [0, 0.1) is 0 Å². The third-order valence-corrected chi connectivity index (χ3v) is 10.8. The van der Waals surface area contributed by atoms with Crippen LogP contribution in [0.1, 0.15) is 47.8 Å². The molecule has 1 aliphatic rings. The minimum absolute atomic E-state index is 0.0715. The fraction of sp³-hybridized carbons (Fsp3) is 0.104. The Hall–Kier alpha value is -6.03. The molecule has 246 valence electrons. The minimum atomic E-state index is -0.458. The van der Waals surface area contributed by atoms with E-state index in [1.807, 2.05) is 18.2 Å². The van der Waals surface area contributed by atoms with E-state index in [2.05, 4.69) is 165 Å². The van der Waals surface area contributed by atoms with Gasteiger partial charge in [0.25, 0.3) is 0 Å². The second kappa shape index (κ2) is 12.4. The fourth-order valence-electron chi connectivity index (χ4n) is 8.24. The fourth-order valence-corrected chi connectivity index (χ4v) is 8.24. The first kappa shape index (κ1) is 31.0. The Kier molecular flexibility index (Phi) is 7.52. The van der Waals surface area contributed by atoms with Crippen LogP contribution in [0.2, 0.25) is 0 Å². The summed E-state index contributed by atoms with van der Waals surface area (Å²) in [5, 5.41) is 10.8. The smallest absolute Gasteiger partial charge is 0.131 e. The van der Waals surface area contributed by atoms with Crippen molar-refractivity contribution in [3.63, 3.8) is 0 Å². The number of fused-ring (bicyclic) bond motifs is 7. The molecule has 0 aliphatic heterocycles. The maximum Gasteiger partial charge on any atom is 0.131 e. The maximum absolute atomic E-state index is 6.96. The summed E-state index contributed by atoms with van der Waals surface area (Å²) >= 11 is 0. The third-order valence-electron chi connectivity index (χ3n) is 10.8. The van der Waals surface area contributed by atoms with Gasteiger partial charge >= 0.3 is 0 Å². The van der Waals surface area contributed by atoms with Crippen LogP contribution in [-0.4, -0.2) is 5.84 Å². The van der Waals surface area contributed by atoms with Gasteiger partial charge in [-0.05, 0) is 77.5 Å². The Balaban J connectivity index is 1.25. The van der Waals surface area contributed by atoms with Crippen molar-refractivity contribution in [2.75, 3.05) is 0 Å². The number of rotatable bonds is 6. The van der Waals surface area contributed by atoms with Crippen molar-refractivity contribution < 1.29 is 0 Å². The van der Waals surface area contributed by atoms with E-state index in [4.69, 9.17) is 10.7 Å². The monoisotopic (exact) mass is 657 g/mol. The van der Waals surface area contributed by atoms with E-state index in [9.17, 15) is 0 Å².